The maximum atomic E-state index is 13.3. The number of nitrogens with one attached hydrogen (secondary N) is 1. The van der Waals surface area contributed by atoms with Crippen molar-refractivity contribution in [3.05, 3.63) is 94.2 Å². The predicted octanol–water partition coefficient (Wildman–Crippen LogP) is 5.03. The standard InChI is InChI=1S/C25H22N4O5/c1-16-7-9-17(10-8-16)26-25(30)23-15-22(21-12-11-20(33-2)14-24(21)34-3)27-28(23)18-5-4-6-19(13-18)29(31)32/h4-15H,1-3H3,(H,26,30). The lowest BCUT2D eigenvalue weighted by molar-refractivity contribution is -0.384. The summed E-state index contributed by atoms with van der Waals surface area (Å²) < 4.78 is 12.1. The zero-order valence-electron chi connectivity index (χ0n) is 18.8. The molecule has 9 nitrogen and oxygen atoms in total. The number of hydrogen-bond acceptors (Lipinski definition) is 6. The summed E-state index contributed by atoms with van der Waals surface area (Å²) in [6.07, 6.45) is 0. The average molecular weight is 458 g/mol. The van der Waals surface area contributed by atoms with Gasteiger partial charge in [-0.2, -0.15) is 5.10 Å². The number of rotatable bonds is 7. The maximum Gasteiger partial charge on any atom is 0.274 e. The van der Waals surface area contributed by atoms with E-state index in [-0.39, 0.29) is 11.4 Å². The lowest BCUT2D eigenvalue weighted by Gasteiger charge is -2.09. The number of amides is 1. The first-order chi connectivity index (χ1) is 16.4. The highest BCUT2D eigenvalue weighted by Crippen LogP contribution is 2.34. The molecular formula is C25H22N4O5. The molecular weight excluding hydrogens is 436 g/mol. The number of anilines is 1. The van der Waals surface area contributed by atoms with E-state index in [1.807, 2.05) is 19.1 Å². The topological polar surface area (TPSA) is 109 Å². The second-order valence-electron chi connectivity index (χ2n) is 7.49. The van der Waals surface area contributed by atoms with E-state index in [0.29, 0.717) is 34.1 Å². The zero-order chi connectivity index (χ0) is 24.2. The minimum Gasteiger partial charge on any atom is -0.497 e. The number of benzene rings is 3. The number of non-ortho nitro benzene ring substituents is 1. The van der Waals surface area contributed by atoms with Crippen LogP contribution in [0.3, 0.4) is 0 Å². The largest absolute Gasteiger partial charge is 0.497 e. The van der Waals surface area contributed by atoms with Crippen LogP contribution in [-0.2, 0) is 0 Å². The normalized spacial score (nSPS) is 10.6. The second-order valence-corrected chi connectivity index (χ2v) is 7.49. The highest BCUT2D eigenvalue weighted by molar-refractivity contribution is 6.04. The molecule has 1 N–H and O–H groups in total. The van der Waals surface area contributed by atoms with Crippen molar-refractivity contribution in [2.45, 2.75) is 6.92 Å². The molecule has 0 aliphatic heterocycles. The lowest BCUT2D eigenvalue weighted by Crippen LogP contribution is -2.17. The molecule has 4 aromatic rings. The van der Waals surface area contributed by atoms with Crippen LogP contribution in [0.1, 0.15) is 16.1 Å². The molecule has 0 unspecified atom stereocenters. The van der Waals surface area contributed by atoms with Gasteiger partial charge in [0, 0.05) is 29.4 Å². The lowest BCUT2D eigenvalue weighted by atomic mass is 10.1. The number of nitro benzene ring substituents is 1. The van der Waals surface area contributed by atoms with Gasteiger partial charge in [0.25, 0.3) is 11.6 Å². The Hall–Kier alpha value is -4.66. The molecule has 0 aliphatic rings. The number of nitrogens with zero attached hydrogens (tertiary/aromatic N) is 3. The maximum absolute atomic E-state index is 13.3. The first-order valence-electron chi connectivity index (χ1n) is 10.3. The second kappa shape index (κ2) is 9.45. The van der Waals surface area contributed by atoms with Crippen LogP contribution in [0.2, 0.25) is 0 Å². The van der Waals surface area contributed by atoms with Gasteiger partial charge in [-0.25, -0.2) is 4.68 Å². The van der Waals surface area contributed by atoms with Crippen molar-refractivity contribution in [2.24, 2.45) is 0 Å². The van der Waals surface area contributed by atoms with E-state index in [4.69, 9.17) is 9.47 Å². The van der Waals surface area contributed by atoms with E-state index in [0.717, 1.165) is 5.56 Å². The molecule has 1 heterocycles. The van der Waals surface area contributed by atoms with Crippen molar-refractivity contribution >= 4 is 17.3 Å². The SMILES string of the molecule is COc1ccc(-c2cc(C(=O)Nc3ccc(C)cc3)n(-c3cccc([N+](=O)[O-])c3)n2)c(OC)c1. The molecule has 0 aliphatic carbocycles. The van der Waals surface area contributed by atoms with Gasteiger partial charge in [-0.05, 0) is 43.3 Å². The van der Waals surface area contributed by atoms with Crippen LogP contribution in [-0.4, -0.2) is 34.8 Å². The van der Waals surface area contributed by atoms with Crippen molar-refractivity contribution in [2.75, 3.05) is 19.5 Å². The molecule has 0 saturated heterocycles. The van der Waals surface area contributed by atoms with Crippen LogP contribution in [0.25, 0.3) is 16.9 Å². The van der Waals surface area contributed by atoms with E-state index in [2.05, 4.69) is 10.4 Å². The molecule has 172 valence electrons. The monoisotopic (exact) mass is 458 g/mol. The number of aromatic nitrogens is 2. The Morgan fingerprint density at radius 3 is 2.44 bits per heavy atom. The van der Waals surface area contributed by atoms with Crippen molar-refractivity contribution in [1.29, 1.82) is 0 Å². The van der Waals surface area contributed by atoms with Crippen LogP contribution in [0, 0.1) is 17.0 Å². The van der Waals surface area contributed by atoms with Crippen molar-refractivity contribution < 1.29 is 19.2 Å². The van der Waals surface area contributed by atoms with Crippen LogP contribution >= 0.6 is 0 Å². The summed E-state index contributed by atoms with van der Waals surface area (Å²) in [4.78, 5) is 24.1. The molecule has 0 atom stereocenters. The van der Waals surface area contributed by atoms with Crippen molar-refractivity contribution in [3.63, 3.8) is 0 Å². The number of aryl methyl sites for hydroxylation is 1. The molecule has 1 aromatic heterocycles. The third-order valence-corrected chi connectivity index (χ3v) is 5.22. The summed E-state index contributed by atoms with van der Waals surface area (Å²) in [7, 11) is 3.08. The molecule has 9 heteroatoms. The zero-order valence-corrected chi connectivity index (χ0v) is 18.8. The Bertz CT molecular complexity index is 1360. The highest BCUT2D eigenvalue weighted by Gasteiger charge is 2.21. The van der Waals surface area contributed by atoms with Gasteiger partial charge in [-0.1, -0.05) is 23.8 Å². The van der Waals surface area contributed by atoms with Gasteiger partial charge in [0.05, 0.1) is 30.5 Å². The molecule has 4 rings (SSSR count). The Balaban J connectivity index is 1.83. The molecule has 3 aromatic carbocycles. The summed E-state index contributed by atoms with van der Waals surface area (Å²) in [6, 6.07) is 20.2. The molecule has 0 saturated carbocycles. The molecule has 1 amide bonds. The fourth-order valence-electron chi connectivity index (χ4n) is 3.45. The molecule has 0 spiro atoms. The Labute approximate surface area is 195 Å². The number of methoxy groups -OCH3 is 2. The number of hydrogen-bond donors (Lipinski definition) is 1. The van der Waals surface area contributed by atoms with Gasteiger partial charge >= 0.3 is 0 Å². The first kappa shape index (κ1) is 22.5. The quantitative estimate of drug-likeness (QED) is 0.307. The summed E-state index contributed by atoms with van der Waals surface area (Å²) in [5.74, 6) is 0.700. The number of ether oxygens (including phenoxy) is 2. The Kier molecular flexibility index (Phi) is 6.26. The highest BCUT2D eigenvalue weighted by atomic mass is 16.6. The first-order valence-corrected chi connectivity index (χ1v) is 10.3. The van der Waals surface area contributed by atoms with Gasteiger partial charge in [0.15, 0.2) is 0 Å². The summed E-state index contributed by atoms with van der Waals surface area (Å²) in [6.45, 7) is 1.96. The van der Waals surface area contributed by atoms with Gasteiger partial charge in [0.2, 0.25) is 0 Å². The van der Waals surface area contributed by atoms with Crippen molar-refractivity contribution in [1.82, 2.24) is 9.78 Å². The minimum atomic E-state index is -0.494. The van der Waals surface area contributed by atoms with Gasteiger partial charge < -0.3 is 14.8 Å². The van der Waals surface area contributed by atoms with Crippen LogP contribution in [0.15, 0.2) is 72.8 Å². The summed E-state index contributed by atoms with van der Waals surface area (Å²) in [5.41, 5.74) is 3.24. The predicted molar refractivity (Wildman–Crippen MR) is 128 cm³/mol. The van der Waals surface area contributed by atoms with Gasteiger partial charge in [-0.15, -0.1) is 0 Å². The average Bonchev–Trinajstić information content (AvgIpc) is 3.30. The summed E-state index contributed by atoms with van der Waals surface area (Å²) >= 11 is 0. The van der Waals surface area contributed by atoms with E-state index in [1.165, 1.54) is 23.9 Å². The van der Waals surface area contributed by atoms with Crippen molar-refractivity contribution in [3.8, 4) is 28.4 Å². The molecule has 0 fully saturated rings. The number of carbonyl (C=O) groups excluding carboxylic acids is 1. The van der Waals surface area contributed by atoms with E-state index in [1.54, 1.807) is 55.6 Å². The van der Waals surface area contributed by atoms with Gasteiger partial charge in [0.1, 0.15) is 17.2 Å². The third kappa shape index (κ3) is 4.58. The van der Waals surface area contributed by atoms with Crippen LogP contribution in [0.5, 0.6) is 11.5 Å². The van der Waals surface area contributed by atoms with E-state index < -0.39 is 10.8 Å². The van der Waals surface area contributed by atoms with Crippen LogP contribution in [0.4, 0.5) is 11.4 Å². The third-order valence-electron chi connectivity index (χ3n) is 5.22. The minimum absolute atomic E-state index is 0.110. The fraction of sp³-hybridized carbons (Fsp3) is 0.120. The fourth-order valence-corrected chi connectivity index (χ4v) is 3.45. The van der Waals surface area contributed by atoms with Crippen LogP contribution < -0.4 is 14.8 Å². The Morgan fingerprint density at radius 2 is 1.76 bits per heavy atom. The smallest absolute Gasteiger partial charge is 0.274 e. The Morgan fingerprint density at radius 1 is 1.00 bits per heavy atom. The molecule has 34 heavy (non-hydrogen) atoms. The summed E-state index contributed by atoms with van der Waals surface area (Å²) in [5, 5.41) is 18.8. The number of nitro groups is 1. The van der Waals surface area contributed by atoms with E-state index in [9.17, 15) is 14.9 Å². The number of carbonyl (C=O) groups is 1. The molecule has 0 bridgehead atoms. The van der Waals surface area contributed by atoms with Gasteiger partial charge in [-0.3, -0.25) is 14.9 Å². The molecule has 0 radical (unpaired) electrons. The van der Waals surface area contributed by atoms with E-state index >= 15 is 0 Å².